The number of imide groups is 1. The Bertz CT molecular complexity index is 374. The van der Waals surface area contributed by atoms with Crippen molar-refractivity contribution < 1.29 is 9.59 Å². The molecule has 2 rings (SSSR count). The fraction of sp³-hybridized carbons (Fsp3) is 0.111. The van der Waals surface area contributed by atoms with Crippen LogP contribution in [-0.2, 0) is 6.54 Å². The van der Waals surface area contributed by atoms with Gasteiger partial charge in [0.05, 0.1) is 0 Å². The van der Waals surface area contributed by atoms with Crippen molar-refractivity contribution in [1.29, 1.82) is 0 Å². The topological polar surface area (TPSA) is 58.2 Å². The van der Waals surface area contributed by atoms with Crippen molar-refractivity contribution in [2.75, 3.05) is 0 Å². The number of hydrogen-bond donors (Lipinski definition) is 2. The van der Waals surface area contributed by atoms with Gasteiger partial charge in [0.25, 0.3) is 5.91 Å². The van der Waals surface area contributed by atoms with Crippen LogP contribution in [-0.4, -0.2) is 11.9 Å². The van der Waals surface area contributed by atoms with Crippen LogP contribution < -0.4 is 10.6 Å². The first-order valence-corrected chi connectivity index (χ1v) is 3.94. The molecule has 13 heavy (non-hydrogen) atoms. The highest BCUT2D eigenvalue weighted by Crippen LogP contribution is 2.09. The molecule has 0 saturated heterocycles. The van der Waals surface area contributed by atoms with Crippen molar-refractivity contribution in [3.63, 3.8) is 0 Å². The normalized spacial score (nSPS) is 15.4. The van der Waals surface area contributed by atoms with E-state index in [1.807, 2.05) is 12.1 Å². The molecule has 1 aliphatic rings. The summed E-state index contributed by atoms with van der Waals surface area (Å²) in [6.45, 7) is 0.397. The lowest BCUT2D eigenvalue weighted by Gasteiger charge is -2.00. The van der Waals surface area contributed by atoms with Crippen LogP contribution in [0.5, 0.6) is 0 Å². The van der Waals surface area contributed by atoms with Gasteiger partial charge < -0.3 is 5.32 Å². The van der Waals surface area contributed by atoms with Crippen LogP contribution >= 0.6 is 0 Å². The van der Waals surface area contributed by atoms with E-state index in [2.05, 4.69) is 10.6 Å². The monoisotopic (exact) mass is 176 g/mol. The second-order valence-electron chi connectivity index (χ2n) is 2.79. The summed E-state index contributed by atoms with van der Waals surface area (Å²) < 4.78 is 0. The lowest BCUT2D eigenvalue weighted by atomic mass is 10.1. The Hall–Kier alpha value is -1.84. The van der Waals surface area contributed by atoms with E-state index in [4.69, 9.17) is 0 Å². The SMILES string of the molecule is O=C1NCc2ccccc2C(=O)N1. The Morgan fingerprint density at radius 3 is 2.77 bits per heavy atom. The zero-order valence-electron chi connectivity index (χ0n) is 6.83. The molecule has 0 atom stereocenters. The Morgan fingerprint density at radius 2 is 1.92 bits per heavy atom. The molecule has 1 aliphatic heterocycles. The maximum Gasteiger partial charge on any atom is 0.321 e. The molecule has 0 aliphatic carbocycles. The molecule has 0 fully saturated rings. The first-order chi connectivity index (χ1) is 6.27. The van der Waals surface area contributed by atoms with Gasteiger partial charge in [0.2, 0.25) is 0 Å². The number of urea groups is 1. The van der Waals surface area contributed by atoms with E-state index in [-0.39, 0.29) is 5.91 Å². The molecule has 4 nitrogen and oxygen atoms in total. The highest BCUT2D eigenvalue weighted by atomic mass is 16.2. The predicted molar refractivity (Wildman–Crippen MR) is 46.1 cm³/mol. The zero-order chi connectivity index (χ0) is 9.26. The molecule has 0 unspecified atom stereocenters. The number of fused-ring (bicyclic) bond motifs is 1. The third kappa shape index (κ3) is 1.38. The summed E-state index contributed by atoms with van der Waals surface area (Å²) in [5.41, 5.74) is 1.40. The zero-order valence-corrected chi connectivity index (χ0v) is 6.83. The Morgan fingerprint density at radius 1 is 1.15 bits per heavy atom. The van der Waals surface area contributed by atoms with Gasteiger partial charge in [0.15, 0.2) is 0 Å². The number of nitrogens with one attached hydrogen (secondary N) is 2. The Labute approximate surface area is 74.9 Å². The predicted octanol–water partition coefficient (Wildman–Crippen LogP) is 0.640. The first kappa shape index (κ1) is 7.79. The number of amides is 3. The standard InChI is InChI=1S/C9H8N2O2/c12-8-7-4-2-1-3-6(7)5-10-9(13)11-8/h1-4H,5H2,(H2,10,11,12,13). The summed E-state index contributed by atoms with van der Waals surface area (Å²) in [7, 11) is 0. The maximum absolute atomic E-state index is 11.3. The molecule has 4 heteroatoms. The van der Waals surface area contributed by atoms with Crippen LogP contribution in [0.15, 0.2) is 24.3 Å². The highest BCUT2D eigenvalue weighted by Gasteiger charge is 2.17. The van der Waals surface area contributed by atoms with Gasteiger partial charge in [-0.25, -0.2) is 4.79 Å². The van der Waals surface area contributed by atoms with Crippen LogP contribution in [0.2, 0.25) is 0 Å². The van der Waals surface area contributed by atoms with Crippen molar-refractivity contribution in [2.24, 2.45) is 0 Å². The average Bonchev–Trinajstić information content (AvgIpc) is 2.27. The van der Waals surface area contributed by atoms with Gasteiger partial charge in [-0.1, -0.05) is 18.2 Å². The van der Waals surface area contributed by atoms with Gasteiger partial charge >= 0.3 is 6.03 Å². The minimum atomic E-state index is -0.443. The van der Waals surface area contributed by atoms with Gasteiger partial charge in [-0.05, 0) is 11.6 Å². The van der Waals surface area contributed by atoms with E-state index in [0.717, 1.165) is 5.56 Å². The van der Waals surface area contributed by atoms with E-state index in [9.17, 15) is 9.59 Å². The number of carbonyl (C=O) groups is 2. The number of rotatable bonds is 0. The molecular formula is C9H8N2O2. The van der Waals surface area contributed by atoms with Crippen molar-refractivity contribution >= 4 is 11.9 Å². The number of benzene rings is 1. The average molecular weight is 176 g/mol. The van der Waals surface area contributed by atoms with Crippen molar-refractivity contribution in [3.05, 3.63) is 35.4 Å². The van der Waals surface area contributed by atoms with E-state index < -0.39 is 6.03 Å². The van der Waals surface area contributed by atoms with E-state index in [1.165, 1.54) is 0 Å². The third-order valence-electron chi connectivity index (χ3n) is 1.93. The minimum Gasteiger partial charge on any atom is -0.334 e. The molecular weight excluding hydrogens is 168 g/mol. The van der Waals surface area contributed by atoms with E-state index in [1.54, 1.807) is 12.1 Å². The van der Waals surface area contributed by atoms with Gasteiger partial charge in [-0.3, -0.25) is 10.1 Å². The third-order valence-corrected chi connectivity index (χ3v) is 1.93. The van der Waals surface area contributed by atoms with Crippen LogP contribution in [0, 0.1) is 0 Å². The largest absolute Gasteiger partial charge is 0.334 e. The molecule has 1 heterocycles. The quantitative estimate of drug-likeness (QED) is 0.609. The summed E-state index contributed by atoms with van der Waals surface area (Å²) in [6, 6.07) is 6.68. The van der Waals surface area contributed by atoms with Crippen LogP contribution in [0.25, 0.3) is 0 Å². The second-order valence-corrected chi connectivity index (χ2v) is 2.79. The molecule has 1 aromatic carbocycles. The molecule has 66 valence electrons. The molecule has 0 aromatic heterocycles. The fourth-order valence-corrected chi connectivity index (χ4v) is 1.29. The molecule has 0 radical (unpaired) electrons. The number of hydrogen-bond acceptors (Lipinski definition) is 2. The lowest BCUT2D eigenvalue weighted by molar-refractivity contribution is 0.0966. The van der Waals surface area contributed by atoms with Crippen molar-refractivity contribution in [2.45, 2.75) is 6.54 Å². The molecule has 1 aromatic rings. The van der Waals surface area contributed by atoms with Gasteiger partial charge in [0, 0.05) is 12.1 Å². The highest BCUT2D eigenvalue weighted by molar-refractivity contribution is 6.06. The van der Waals surface area contributed by atoms with Gasteiger partial charge in [0.1, 0.15) is 0 Å². The molecule has 0 spiro atoms. The molecule has 0 bridgehead atoms. The van der Waals surface area contributed by atoms with Crippen LogP contribution in [0.3, 0.4) is 0 Å². The Balaban J connectivity index is 2.46. The number of carbonyl (C=O) groups excluding carboxylic acids is 2. The van der Waals surface area contributed by atoms with E-state index in [0.29, 0.717) is 12.1 Å². The minimum absolute atomic E-state index is 0.342. The molecule has 2 N–H and O–H groups in total. The van der Waals surface area contributed by atoms with Gasteiger partial charge in [-0.2, -0.15) is 0 Å². The summed E-state index contributed by atoms with van der Waals surface area (Å²) in [6.07, 6.45) is 0. The summed E-state index contributed by atoms with van der Waals surface area (Å²) in [5, 5.41) is 4.77. The van der Waals surface area contributed by atoms with Crippen LogP contribution in [0.4, 0.5) is 4.79 Å². The summed E-state index contributed by atoms with van der Waals surface area (Å²) in [4.78, 5) is 22.3. The van der Waals surface area contributed by atoms with Crippen molar-refractivity contribution in [3.8, 4) is 0 Å². The van der Waals surface area contributed by atoms with Gasteiger partial charge in [-0.15, -0.1) is 0 Å². The fourth-order valence-electron chi connectivity index (χ4n) is 1.29. The first-order valence-electron chi connectivity index (χ1n) is 3.94. The van der Waals surface area contributed by atoms with Crippen LogP contribution in [0.1, 0.15) is 15.9 Å². The molecule has 0 saturated carbocycles. The van der Waals surface area contributed by atoms with Crippen molar-refractivity contribution in [1.82, 2.24) is 10.6 Å². The second kappa shape index (κ2) is 2.90. The summed E-state index contributed by atoms with van der Waals surface area (Å²) >= 11 is 0. The molecule has 3 amide bonds. The maximum atomic E-state index is 11.3. The van der Waals surface area contributed by atoms with E-state index >= 15 is 0 Å². The lowest BCUT2D eigenvalue weighted by Crippen LogP contribution is -2.35. The summed E-state index contributed by atoms with van der Waals surface area (Å²) in [5.74, 6) is -0.342. The smallest absolute Gasteiger partial charge is 0.321 e. The Kier molecular flexibility index (Phi) is 1.73.